The van der Waals surface area contributed by atoms with E-state index in [-0.39, 0.29) is 20.1 Å². The molecule has 5 aromatic heterocycles. The molecule has 9 rings (SSSR count). The van der Waals surface area contributed by atoms with E-state index in [9.17, 15) is 0 Å². The smallest absolute Gasteiger partial charge is 0.217 e. The van der Waals surface area contributed by atoms with Crippen molar-refractivity contribution in [2.75, 3.05) is 0 Å². The Morgan fingerprint density at radius 3 is 2.20 bits per heavy atom. The van der Waals surface area contributed by atoms with E-state index >= 15 is 0 Å². The van der Waals surface area contributed by atoms with Crippen molar-refractivity contribution >= 4 is 50.9 Å². The fourth-order valence-corrected chi connectivity index (χ4v) is 10.2. The SMILES string of the molecule is CC(C)Cc1cc(-c2[c-]cccc2)nc[c]1[Ge]([CH3])([CH3])[CH3].[Ir].[c-]1nc2c(cc1-c1nc3ccccc3n1-c1ccccc1)oc1nc(-c3ccccc3)ccc12. The van der Waals surface area contributed by atoms with Crippen molar-refractivity contribution in [2.45, 2.75) is 37.5 Å². The molecule has 1 radical (unpaired) electrons. The fourth-order valence-electron chi connectivity index (χ4n) is 6.89. The van der Waals surface area contributed by atoms with Gasteiger partial charge in [0.1, 0.15) is 0 Å². The molecular weight excluding hydrogens is 915 g/mol. The van der Waals surface area contributed by atoms with E-state index in [1.54, 1.807) is 4.40 Å². The van der Waals surface area contributed by atoms with Crippen molar-refractivity contribution < 1.29 is 24.5 Å². The molecule has 0 aliphatic heterocycles. The summed E-state index contributed by atoms with van der Waals surface area (Å²) < 4.78 is 9.83. The average molecular weight is 957 g/mol. The van der Waals surface area contributed by atoms with Crippen LogP contribution in [0, 0.1) is 18.2 Å². The molecule has 0 aliphatic rings. The maximum absolute atomic E-state index is 6.17. The van der Waals surface area contributed by atoms with Crippen LogP contribution in [0.25, 0.3) is 72.8 Å². The Balaban J connectivity index is 0.000000191. The summed E-state index contributed by atoms with van der Waals surface area (Å²) >= 11 is -1.86. The Bertz CT molecular complexity index is 2700. The molecule has 0 fully saturated rings. The second-order valence-corrected chi connectivity index (χ2v) is 25.5. The summed E-state index contributed by atoms with van der Waals surface area (Å²) in [4.78, 5) is 19.0. The number of aromatic nitrogens is 5. The van der Waals surface area contributed by atoms with Gasteiger partial charge in [0.25, 0.3) is 0 Å². The molecule has 0 unspecified atom stereocenters. The fraction of sp³-hybridized carbons (Fsp3) is 0.149. The number of para-hydroxylation sites is 3. The van der Waals surface area contributed by atoms with Gasteiger partial charge in [0.2, 0.25) is 5.71 Å². The van der Waals surface area contributed by atoms with E-state index < -0.39 is 13.3 Å². The molecule has 0 saturated heterocycles. The van der Waals surface area contributed by atoms with E-state index in [1.807, 2.05) is 103 Å². The van der Waals surface area contributed by atoms with Gasteiger partial charge in [-0.3, -0.25) is 4.98 Å². The van der Waals surface area contributed by atoms with Gasteiger partial charge in [0.05, 0.1) is 28.1 Å². The average Bonchev–Trinajstić information content (AvgIpc) is 3.76. The van der Waals surface area contributed by atoms with Gasteiger partial charge in [-0.15, -0.1) is 0 Å². The quantitative estimate of drug-likeness (QED) is 0.118. The third-order valence-corrected chi connectivity index (χ3v) is 13.8. The van der Waals surface area contributed by atoms with Crippen LogP contribution in [0.4, 0.5) is 0 Å². The molecule has 6 nitrogen and oxygen atoms in total. The first kappa shape index (κ1) is 38.1. The predicted octanol–water partition coefficient (Wildman–Crippen LogP) is 11.1. The Hall–Kier alpha value is -5.21. The number of fused-ring (bicyclic) bond motifs is 4. The number of hydrogen-bond acceptors (Lipinski definition) is 5. The van der Waals surface area contributed by atoms with Crippen molar-refractivity contribution in [2.24, 2.45) is 5.92 Å². The molecule has 0 bridgehead atoms. The number of furan rings is 1. The summed E-state index contributed by atoms with van der Waals surface area (Å²) in [7, 11) is 0. The predicted molar refractivity (Wildman–Crippen MR) is 224 cm³/mol. The number of benzene rings is 4. The number of imidazole rings is 1. The number of pyridine rings is 3. The van der Waals surface area contributed by atoms with Crippen molar-refractivity contribution in [1.29, 1.82) is 0 Å². The molecule has 8 heteroatoms. The zero-order valence-corrected chi connectivity index (χ0v) is 36.0. The molecule has 9 aromatic rings. The van der Waals surface area contributed by atoms with E-state index in [4.69, 9.17) is 19.4 Å². The molecule has 4 aromatic carbocycles. The molecule has 275 valence electrons. The maximum atomic E-state index is 6.17. The van der Waals surface area contributed by atoms with Crippen molar-refractivity contribution in [3.05, 3.63) is 157 Å². The van der Waals surface area contributed by atoms with Gasteiger partial charge in [-0.05, 0) is 36.5 Å². The summed E-state index contributed by atoms with van der Waals surface area (Å²) in [5.41, 5.74) is 11.2. The molecule has 55 heavy (non-hydrogen) atoms. The summed E-state index contributed by atoms with van der Waals surface area (Å²) in [6.45, 7) is 4.57. The molecule has 5 heterocycles. The molecule has 0 amide bonds. The summed E-state index contributed by atoms with van der Waals surface area (Å²) in [5.74, 6) is 8.76. The largest absolute Gasteiger partial charge is 0.457 e. The summed E-state index contributed by atoms with van der Waals surface area (Å²) in [5, 5.41) is 0.869. The third-order valence-electron chi connectivity index (χ3n) is 9.42. The van der Waals surface area contributed by atoms with Crippen molar-refractivity contribution in [3.8, 4) is 39.6 Å². The van der Waals surface area contributed by atoms with Crippen LogP contribution >= 0.6 is 0 Å². The van der Waals surface area contributed by atoms with Crippen LogP contribution in [0.5, 0.6) is 0 Å². The summed E-state index contributed by atoms with van der Waals surface area (Å²) in [6, 6.07) is 48.0. The van der Waals surface area contributed by atoms with Crippen LogP contribution in [-0.4, -0.2) is 37.8 Å². The normalized spacial score (nSPS) is 11.5. The monoisotopic (exact) mass is 958 g/mol. The molecule has 0 saturated carbocycles. The van der Waals surface area contributed by atoms with Crippen LogP contribution in [0.3, 0.4) is 0 Å². The molecule has 0 spiro atoms. The topological polar surface area (TPSA) is 69.6 Å². The number of nitrogens with zero attached hydrogens (tertiary/aromatic N) is 5. The van der Waals surface area contributed by atoms with E-state index in [1.165, 1.54) is 5.56 Å². The Morgan fingerprint density at radius 2 is 1.47 bits per heavy atom. The minimum absolute atomic E-state index is 0. The van der Waals surface area contributed by atoms with Crippen LogP contribution in [0.1, 0.15) is 19.4 Å². The second-order valence-electron chi connectivity index (χ2n) is 15.0. The maximum Gasteiger partial charge on any atom is 0.217 e. The summed E-state index contributed by atoms with van der Waals surface area (Å²) in [6.07, 6.45) is 6.47. The second kappa shape index (κ2) is 16.3. The first-order valence-electron chi connectivity index (χ1n) is 18.4. The van der Waals surface area contributed by atoms with Gasteiger partial charge >= 0.3 is 126 Å². The van der Waals surface area contributed by atoms with Crippen LogP contribution in [0.2, 0.25) is 17.3 Å². The minimum Gasteiger partial charge on any atom is -0.457 e. The zero-order chi connectivity index (χ0) is 37.2. The molecule has 0 N–H and O–H groups in total. The van der Waals surface area contributed by atoms with Gasteiger partial charge in [0, 0.05) is 42.3 Å². The minimum atomic E-state index is -1.86. The van der Waals surface area contributed by atoms with Gasteiger partial charge < -0.3 is 14.0 Å². The van der Waals surface area contributed by atoms with E-state index in [0.717, 1.165) is 67.9 Å². The Kier molecular flexibility index (Phi) is 11.3. The van der Waals surface area contributed by atoms with Gasteiger partial charge in [-0.25, -0.2) is 4.98 Å². The van der Waals surface area contributed by atoms with Crippen LogP contribution in [0.15, 0.2) is 144 Å². The van der Waals surface area contributed by atoms with E-state index in [0.29, 0.717) is 17.2 Å². The Labute approximate surface area is 338 Å². The first-order chi connectivity index (χ1) is 26.2. The first-order valence-corrected chi connectivity index (χ1v) is 25.7. The third kappa shape index (κ3) is 8.11. The molecular formula is C47H41GeIrN5O-2. The van der Waals surface area contributed by atoms with Crippen molar-refractivity contribution in [3.63, 3.8) is 0 Å². The Morgan fingerprint density at radius 1 is 0.745 bits per heavy atom. The van der Waals surface area contributed by atoms with Crippen LogP contribution < -0.4 is 4.40 Å². The van der Waals surface area contributed by atoms with Crippen LogP contribution in [-0.2, 0) is 26.5 Å². The van der Waals surface area contributed by atoms with Gasteiger partial charge in [-0.1, -0.05) is 78.4 Å². The van der Waals surface area contributed by atoms with Gasteiger partial charge in [0.15, 0.2) is 0 Å². The molecule has 0 atom stereocenters. The van der Waals surface area contributed by atoms with Gasteiger partial charge in [-0.2, -0.15) is 0 Å². The standard InChI is InChI=1S/C29H17N4O.C18H24GeN.Ir/c1-3-9-19(10-4-1)23-16-15-22-27-26(34-29(22)32-23)17-20(18-30-27)28-31-24-13-7-8-14-25(24)33(28)21-11-5-2-6-12-21;1-14(2)11-16-12-18(15-9-7-6-8-10-15)20-13-17(16)19(3,4)5;/h1-17H;6-9,12-14H,11H2,1-5H3;/q2*-1;. The molecule has 0 aliphatic carbocycles. The number of rotatable bonds is 7. The number of hydrogen-bond donors (Lipinski definition) is 0. The van der Waals surface area contributed by atoms with Crippen molar-refractivity contribution in [1.82, 2.24) is 24.5 Å². The van der Waals surface area contributed by atoms with E-state index in [2.05, 4.69) is 89.5 Å². The zero-order valence-electron chi connectivity index (χ0n) is 31.5.